The van der Waals surface area contributed by atoms with Crippen LogP contribution in [-0.4, -0.2) is 7.11 Å². The van der Waals surface area contributed by atoms with Crippen molar-refractivity contribution in [1.82, 2.24) is 0 Å². The Bertz CT molecular complexity index is 620. The second kappa shape index (κ2) is 6.26. The van der Waals surface area contributed by atoms with Gasteiger partial charge in [0.25, 0.3) is 0 Å². The first-order valence-corrected chi connectivity index (χ1v) is 6.59. The lowest BCUT2D eigenvalue weighted by Crippen LogP contribution is -2.01. The average Bonchev–Trinajstić information content (AvgIpc) is 2.45. The van der Waals surface area contributed by atoms with Crippen LogP contribution in [-0.2, 0) is 6.54 Å². The van der Waals surface area contributed by atoms with Gasteiger partial charge >= 0.3 is 0 Å². The standard InChI is InChI=1S/C15H13BrN2O/c1-19-15-5-3-2-4-12(15)10-18-13-7-6-11(9-17)14(16)8-13/h2-8,18H,10H2,1H3. The third kappa shape index (κ3) is 3.27. The number of nitrogens with zero attached hydrogens (tertiary/aromatic N) is 1. The van der Waals surface area contributed by atoms with Crippen molar-refractivity contribution in [2.24, 2.45) is 0 Å². The molecule has 0 aliphatic carbocycles. The largest absolute Gasteiger partial charge is 0.496 e. The van der Waals surface area contributed by atoms with E-state index in [0.29, 0.717) is 12.1 Å². The molecule has 0 bridgehead atoms. The summed E-state index contributed by atoms with van der Waals surface area (Å²) in [6.07, 6.45) is 0. The van der Waals surface area contributed by atoms with Crippen LogP contribution in [0.1, 0.15) is 11.1 Å². The third-order valence-electron chi connectivity index (χ3n) is 2.77. The molecule has 2 aromatic rings. The Morgan fingerprint density at radius 3 is 2.74 bits per heavy atom. The van der Waals surface area contributed by atoms with Gasteiger partial charge in [-0.1, -0.05) is 18.2 Å². The number of ether oxygens (including phenoxy) is 1. The summed E-state index contributed by atoms with van der Waals surface area (Å²) in [5.74, 6) is 0.864. The highest BCUT2D eigenvalue weighted by Crippen LogP contribution is 2.23. The van der Waals surface area contributed by atoms with Crippen molar-refractivity contribution in [3.63, 3.8) is 0 Å². The zero-order chi connectivity index (χ0) is 13.7. The summed E-state index contributed by atoms with van der Waals surface area (Å²) in [6.45, 7) is 0.669. The van der Waals surface area contributed by atoms with Crippen LogP contribution < -0.4 is 10.1 Å². The minimum Gasteiger partial charge on any atom is -0.496 e. The topological polar surface area (TPSA) is 45.0 Å². The minimum atomic E-state index is 0.628. The van der Waals surface area contributed by atoms with E-state index in [1.807, 2.05) is 36.4 Å². The van der Waals surface area contributed by atoms with E-state index < -0.39 is 0 Å². The molecule has 3 nitrogen and oxygen atoms in total. The number of hydrogen-bond donors (Lipinski definition) is 1. The van der Waals surface area contributed by atoms with E-state index in [0.717, 1.165) is 21.5 Å². The lowest BCUT2D eigenvalue weighted by atomic mass is 10.2. The quantitative estimate of drug-likeness (QED) is 0.929. The SMILES string of the molecule is COc1ccccc1CNc1ccc(C#N)c(Br)c1. The summed E-state index contributed by atoms with van der Waals surface area (Å²) >= 11 is 3.37. The van der Waals surface area contributed by atoms with Gasteiger partial charge in [-0.15, -0.1) is 0 Å². The van der Waals surface area contributed by atoms with Crippen molar-refractivity contribution in [3.8, 4) is 11.8 Å². The predicted molar refractivity (Wildman–Crippen MR) is 79.2 cm³/mol. The van der Waals surface area contributed by atoms with Gasteiger partial charge in [0.2, 0.25) is 0 Å². The fourth-order valence-corrected chi connectivity index (χ4v) is 2.23. The monoisotopic (exact) mass is 316 g/mol. The summed E-state index contributed by atoms with van der Waals surface area (Å²) in [5, 5.41) is 12.2. The molecule has 0 amide bonds. The van der Waals surface area contributed by atoms with Crippen molar-refractivity contribution in [2.75, 3.05) is 12.4 Å². The highest BCUT2D eigenvalue weighted by molar-refractivity contribution is 9.10. The number of rotatable bonds is 4. The number of methoxy groups -OCH3 is 1. The van der Waals surface area contributed by atoms with Gasteiger partial charge in [0.15, 0.2) is 0 Å². The van der Waals surface area contributed by atoms with Crippen LogP contribution in [0.25, 0.3) is 0 Å². The van der Waals surface area contributed by atoms with Crippen LogP contribution in [0, 0.1) is 11.3 Å². The van der Waals surface area contributed by atoms with E-state index in [-0.39, 0.29) is 0 Å². The summed E-state index contributed by atoms with van der Waals surface area (Å²) in [4.78, 5) is 0. The van der Waals surface area contributed by atoms with Gasteiger partial charge in [-0.25, -0.2) is 0 Å². The van der Waals surface area contributed by atoms with Crippen molar-refractivity contribution in [2.45, 2.75) is 6.54 Å². The number of benzene rings is 2. The molecule has 96 valence electrons. The van der Waals surface area contributed by atoms with Crippen molar-refractivity contribution >= 4 is 21.6 Å². The van der Waals surface area contributed by atoms with Crippen LogP contribution in [0.3, 0.4) is 0 Å². The van der Waals surface area contributed by atoms with E-state index in [1.165, 1.54) is 0 Å². The highest BCUT2D eigenvalue weighted by atomic mass is 79.9. The van der Waals surface area contributed by atoms with Crippen LogP contribution in [0.15, 0.2) is 46.9 Å². The summed E-state index contributed by atoms with van der Waals surface area (Å²) < 4.78 is 6.09. The van der Waals surface area contributed by atoms with Crippen LogP contribution in [0.4, 0.5) is 5.69 Å². The van der Waals surface area contributed by atoms with Crippen molar-refractivity contribution in [1.29, 1.82) is 5.26 Å². The van der Waals surface area contributed by atoms with Gasteiger partial charge in [0.05, 0.1) is 12.7 Å². The van der Waals surface area contributed by atoms with Crippen molar-refractivity contribution in [3.05, 3.63) is 58.1 Å². The second-order valence-electron chi connectivity index (χ2n) is 3.97. The van der Waals surface area contributed by atoms with E-state index in [2.05, 4.69) is 27.3 Å². The molecule has 0 aliphatic rings. The lowest BCUT2D eigenvalue weighted by Gasteiger charge is -2.10. The molecule has 2 aromatic carbocycles. The maximum atomic E-state index is 8.87. The van der Waals surface area contributed by atoms with Gasteiger partial charge in [0.1, 0.15) is 11.8 Å². The number of anilines is 1. The van der Waals surface area contributed by atoms with Gasteiger partial charge in [0, 0.05) is 22.3 Å². The molecular formula is C15H13BrN2O. The van der Waals surface area contributed by atoms with E-state index in [1.54, 1.807) is 13.2 Å². The highest BCUT2D eigenvalue weighted by Gasteiger charge is 2.03. The molecule has 0 fully saturated rings. The zero-order valence-electron chi connectivity index (χ0n) is 10.5. The van der Waals surface area contributed by atoms with Gasteiger partial charge < -0.3 is 10.1 Å². The molecule has 0 heterocycles. The third-order valence-corrected chi connectivity index (χ3v) is 3.42. The van der Waals surface area contributed by atoms with E-state index >= 15 is 0 Å². The van der Waals surface area contributed by atoms with Gasteiger partial charge in [-0.3, -0.25) is 0 Å². The Labute approximate surface area is 121 Å². The minimum absolute atomic E-state index is 0.628. The molecule has 0 aliphatic heterocycles. The average molecular weight is 317 g/mol. The number of halogens is 1. The van der Waals surface area contributed by atoms with Gasteiger partial charge in [-0.05, 0) is 40.2 Å². The Hall–Kier alpha value is -1.99. The first-order chi connectivity index (χ1) is 9.24. The first-order valence-electron chi connectivity index (χ1n) is 5.80. The Morgan fingerprint density at radius 2 is 2.05 bits per heavy atom. The molecule has 0 saturated heterocycles. The van der Waals surface area contributed by atoms with E-state index in [9.17, 15) is 0 Å². The molecule has 19 heavy (non-hydrogen) atoms. The molecule has 0 atom stereocenters. The van der Waals surface area contributed by atoms with Crippen LogP contribution in [0.5, 0.6) is 5.75 Å². The number of nitrogens with one attached hydrogen (secondary N) is 1. The van der Waals surface area contributed by atoms with Gasteiger partial charge in [-0.2, -0.15) is 5.26 Å². The molecular weight excluding hydrogens is 304 g/mol. The Morgan fingerprint density at radius 1 is 1.26 bits per heavy atom. The summed E-state index contributed by atoms with van der Waals surface area (Å²) in [6, 6.07) is 15.6. The fraction of sp³-hybridized carbons (Fsp3) is 0.133. The van der Waals surface area contributed by atoms with E-state index in [4.69, 9.17) is 10.00 Å². The Kier molecular flexibility index (Phi) is 4.43. The zero-order valence-corrected chi connectivity index (χ0v) is 12.1. The molecule has 2 rings (SSSR count). The lowest BCUT2D eigenvalue weighted by molar-refractivity contribution is 0.410. The maximum Gasteiger partial charge on any atom is 0.123 e. The molecule has 0 saturated carbocycles. The van der Waals surface area contributed by atoms with Crippen molar-refractivity contribution < 1.29 is 4.74 Å². The molecule has 0 radical (unpaired) electrons. The number of nitriles is 1. The van der Waals surface area contributed by atoms with Crippen LogP contribution in [0.2, 0.25) is 0 Å². The Balaban J connectivity index is 2.11. The first kappa shape index (κ1) is 13.4. The smallest absolute Gasteiger partial charge is 0.123 e. The normalized spacial score (nSPS) is 9.74. The summed E-state index contributed by atoms with van der Waals surface area (Å²) in [5.41, 5.74) is 2.67. The molecule has 0 spiro atoms. The molecule has 0 aromatic heterocycles. The van der Waals surface area contributed by atoms with Crippen LogP contribution >= 0.6 is 15.9 Å². The number of para-hydroxylation sites is 1. The second-order valence-corrected chi connectivity index (χ2v) is 4.83. The fourth-order valence-electron chi connectivity index (χ4n) is 1.76. The predicted octanol–water partition coefficient (Wildman–Crippen LogP) is 3.94. The number of hydrogen-bond acceptors (Lipinski definition) is 3. The maximum absolute atomic E-state index is 8.87. The molecule has 0 unspecified atom stereocenters. The molecule has 4 heteroatoms. The molecule has 1 N–H and O–H groups in total. The summed E-state index contributed by atoms with van der Waals surface area (Å²) in [7, 11) is 1.66.